The van der Waals surface area contributed by atoms with Crippen LogP contribution in [0.1, 0.15) is 26.3 Å². The van der Waals surface area contributed by atoms with Crippen LogP contribution in [0.4, 0.5) is 0 Å². The minimum absolute atomic E-state index is 0.117. The van der Waals surface area contributed by atoms with Gasteiger partial charge < -0.3 is 4.42 Å². The normalized spacial score (nSPS) is 10.5. The van der Waals surface area contributed by atoms with E-state index in [1.54, 1.807) is 18.2 Å². The molecular weight excluding hydrogens is 403 g/mol. The molecule has 142 valence electrons. The number of carbonyl (C=O) groups is 2. The lowest BCUT2D eigenvalue weighted by Crippen LogP contribution is -2.43. The van der Waals surface area contributed by atoms with Gasteiger partial charge >= 0.3 is 5.63 Å². The number of para-hydroxylation sites is 1. The Kier molecular flexibility index (Phi) is 5.82. The zero-order chi connectivity index (χ0) is 20.3. The maximum Gasteiger partial charge on any atom is 0.349 e. The largest absolute Gasteiger partial charge is 0.422 e. The highest BCUT2D eigenvalue weighted by molar-refractivity contribution is 6.36. The lowest BCUT2D eigenvalue weighted by atomic mass is 10.1. The Labute approximate surface area is 169 Å². The van der Waals surface area contributed by atoms with E-state index in [2.05, 4.69) is 17.4 Å². The van der Waals surface area contributed by atoms with E-state index in [1.807, 2.05) is 6.07 Å². The zero-order valence-corrected chi connectivity index (χ0v) is 15.9. The third-order valence-corrected chi connectivity index (χ3v) is 4.46. The Hall–Kier alpha value is -3.09. The summed E-state index contributed by atoms with van der Waals surface area (Å²) in [5.41, 5.74) is 4.61. The molecule has 2 N–H and O–H groups in total. The van der Waals surface area contributed by atoms with Crippen LogP contribution < -0.4 is 16.5 Å². The fourth-order valence-electron chi connectivity index (χ4n) is 2.60. The van der Waals surface area contributed by atoms with E-state index in [0.717, 1.165) is 5.56 Å². The summed E-state index contributed by atoms with van der Waals surface area (Å²) in [5.74, 6) is -1.48. The highest BCUT2D eigenvalue weighted by Gasteiger charge is 2.17. The summed E-state index contributed by atoms with van der Waals surface area (Å²) in [6.45, 7) is 3.67. The Morgan fingerprint density at radius 1 is 1.04 bits per heavy atom. The summed E-state index contributed by atoms with van der Waals surface area (Å²) in [4.78, 5) is 36.7. The third kappa shape index (κ3) is 4.08. The van der Waals surface area contributed by atoms with Gasteiger partial charge in [0.2, 0.25) is 0 Å². The number of carbonyl (C=O) groups excluding carboxylic acids is 2. The first-order chi connectivity index (χ1) is 13.4. The molecule has 3 aromatic rings. The van der Waals surface area contributed by atoms with Crippen molar-refractivity contribution >= 4 is 46.0 Å². The highest BCUT2D eigenvalue weighted by Crippen LogP contribution is 2.21. The van der Waals surface area contributed by atoms with Crippen molar-refractivity contribution in [3.8, 4) is 0 Å². The molecule has 0 saturated heterocycles. The second kappa shape index (κ2) is 8.29. The van der Waals surface area contributed by atoms with Gasteiger partial charge in [0.1, 0.15) is 11.1 Å². The minimum atomic E-state index is -0.819. The van der Waals surface area contributed by atoms with Crippen LogP contribution in [0.2, 0.25) is 10.0 Å². The molecule has 28 heavy (non-hydrogen) atoms. The number of amides is 2. The lowest BCUT2D eigenvalue weighted by Gasteiger charge is -2.09. The maximum absolute atomic E-state index is 12.3. The molecule has 0 atom stereocenters. The average molecular weight is 417 g/mol. The van der Waals surface area contributed by atoms with E-state index in [4.69, 9.17) is 27.6 Å². The van der Waals surface area contributed by atoms with Gasteiger partial charge in [-0.25, -0.2) is 4.79 Å². The van der Waals surface area contributed by atoms with E-state index < -0.39 is 17.4 Å². The molecule has 0 aliphatic rings. The fourth-order valence-corrected chi connectivity index (χ4v) is 3.10. The van der Waals surface area contributed by atoms with Crippen LogP contribution in [0.3, 0.4) is 0 Å². The summed E-state index contributed by atoms with van der Waals surface area (Å²) in [6, 6.07) is 11.0. The SMILES string of the molecule is C=CCc1cccc2cc(C(=O)NNC(=O)c3ccc(Cl)cc3Cl)c(=O)oc12. The smallest absolute Gasteiger partial charge is 0.349 e. The van der Waals surface area contributed by atoms with E-state index in [-0.39, 0.29) is 16.1 Å². The number of hydrogen-bond acceptors (Lipinski definition) is 4. The predicted molar refractivity (Wildman–Crippen MR) is 108 cm³/mol. The number of fused-ring (bicyclic) bond motifs is 1. The van der Waals surface area contributed by atoms with Crippen LogP contribution in [0, 0.1) is 0 Å². The van der Waals surface area contributed by atoms with Gasteiger partial charge in [0.05, 0.1) is 10.6 Å². The number of hydrazine groups is 1. The summed E-state index contributed by atoms with van der Waals surface area (Å²) in [7, 11) is 0. The predicted octanol–water partition coefficient (Wildman–Crippen LogP) is 3.90. The van der Waals surface area contributed by atoms with Crippen LogP contribution in [-0.4, -0.2) is 11.8 Å². The monoisotopic (exact) mass is 416 g/mol. The maximum atomic E-state index is 12.3. The van der Waals surface area contributed by atoms with E-state index in [9.17, 15) is 14.4 Å². The first-order valence-corrected chi connectivity index (χ1v) is 8.88. The van der Waals surface area contributed by atoms with Gasteiger partial charge in [-0.15, -0.1) is 6.58 Å². The van der Waals surface area contributed by atoms with Crippen molar-refractivity contribution in [3.05, 3.63) is 92.3 Å². The van der Waals surface area contributed by atoms with Crippen molar-refractivity contribution < 1.29 is 14.0 Å². The molecule has 2 aromatic carbocycles. The minimum Gasteiger partial charge on any atom is -0.422 e. The van der Waals surface area contributed by atoms with Crippen LogP contribution in [-0.2, 0) is 6.42 Å². The number of benzene rings is 2. The van der Waals surface area contributed by atoms with E-state index >= 15 is 0 Å². The Morgan fingerprint density at radius 2 is 1.75 bits per heavy atom. The lowest BCUT2D eigenvalue weighted by molar-refractivity contribution is 0.0844. The molecule has 0 fully saturated rings. The van der Waals surface area contributed by atoms with Crippen molar-refractivity contribution in [2.24, 2.45) is 0 Å². The van der Waals surface area contributed by atoms with Gasteiger partial charge in [0.25, 0.3) is 11.8 Å². The van der Waals surface area contributed by atoms with Crippen LogP contribution in [0.15, 0.2) is 64.3 Å². The summed E-state index contributed by atoms with van der Waals surface area (Å²) < 4.78 is 5.31. The Bertz CT molecular complexity index is 1150. The molecule has 6 nitrogen and oxygen atoms in total. The molecule has 0 aliphatic heterocycles. The number of halogens is 2. The number of rotatable bonds is 4. The van der Waals surface area contributed by atoms with Crippen molar-refractivity contribution in [3.63, 3.8) is 0 Å². The van der Waals surface area contributed by atoms with Gasteiger partial charge in [0, 0.05) is 10.4 Å². The standard InChI is InChI=1S/C20H14Cl2N2O4/c1-2-4-11-5-3-6-12-9-15(20(27)28-17(11)12)19(26)24-23-18(25)14-8-7-13(21)10-16(14)22/h2-3,5-10H,1,4H2,(H,23,25)(H,24,26). The topological polar surface area (TPSA) is 88.4 Å². The number of hydrogen-bond donors (Lipinski definition) is 2. The molecule has 0 saturated carbocycles. The van der Waals surface area contributed by atoms with Crippen molar-refractivity contribution in [2.75, 3.05) is 0 Å². The van der Waals surface area contributed by atoms with Crippen molar-refractivity contribution in [1.82, 2.24) is 10.9 Å². The fraction of sp³-hybridized carbons (Fsp3) is 0.0500. The summed E-state index contributed by atoms with van der Waals surface area (Å²) in [5, 5.41) is 1.07. The molecule has 0 aliphatic carbocycles. The molecule has 1 heterocycles. The molecule has 1 aromatic heterocycles. The molecular formula is C20H14Cl2N2O4. The molecule has 2 amide bonds. The summed E-state index contributed by atoms with van der Waals surface area (Å²) >= 11 is 11.7. The van der Waals surface area contributed by atoms with Crippen LogP contribution in [0.5, 0.6) is 0 Å². The van der Waals surface area contributed by atoms with Crippen LogP contribution >= 0.6 is 23.2 Å². The number of allylic oxidation sites excluding steroid dienone is 1. The number of nitrogens with one attached hydrogen (secondary N) is 2. The second-order valence-electron chi connectivity index (χ2n) is 5.81. The molecule has 0 radical (unpaired) electrons. The van der Waals surface area contributed by atoms with Gasteiger partial charge in [-0.1, -0.05) is 47.5 Å². The van der Waals surface area contributed by atoms with Gasteiger partial charge in [-0.05, 0) is 36.2 Å². The van der Waals surface area contributed by atoms with E-state index in [0.29, 0.717) is 22.4 Å². The van der Waals surface area contributed by atoms with Crippen molar-refractivity contribution in [2.45, 2.75) is 6.42 Å². The first kappa shape index (κ1) is 19.7. The van der Waals surface area contributed by atoms with Gasteiger partial charge in [0.15, 0.2) is 0 Å². The van der Waals surface area contributed by atoms with Gasteiger partial charge in [-0.2, -0.15) is 0 Å². The summed E-state index contributed by atoms with van der Waals surface area (Å²) in [6.07, 6.45) is 2.20. The Balaban J connectivity index is 1.81. The molecule has 0 bridgehead atoms. The molecule has 0 spiro atoms. The van der Waals surface area contributed by atoms with E-state index in [1.165, 1.54) is 24.3 Å². The quantitative estimate of drug-likeness (QED) is 0.383. The van der Waals surface area contributed by atoms with Gasteiger partial charge in [-0.3, -0.25) is 20.4 Å². The Morgan fingerprint density at radius 3 is 2.43 bits per heavy atom. The third-order valence-electron chi connectivity index (χ3n) is 3.92. The molecule has 0 unspecified atom stereocenters. The second-order valence-corrected chi connectivity index (χ2v) is 6.65. The molecule has 8 heteroatoms. The van der Waals surface area contributed by atoms with Crippen LogP contribution in [0.25, 0.3) is 11.0 Å². The first-order valence-electron chi connectivity index (χ1n) is 8.13. The zero-order valence-electron chi connectivity index (χ0n) is 14.4. The molecule has 3 rings (SSSR count). The average Bonchev–Trinajstić information content (AvgIpc) is 2.66. The van der Waals surface area contributed by atoms with Crippen molar-refractivity contribution in [1.29, 1.82) is 0 Å². The highest BCUT2D eigenvalue weighted by atomic mass is 35.5.